The highest BCUT2D eigenvalue weighted by atomic mass is 32.1. The molecule has 34 heavy (non-hydrogen) atoms. The standard InChI is InChI=1S/C27H24N4O2S/c1-19-8-10-20(11-9-19)18-33-26-22(17-28)25(21-5-2-3-6-23(21)29-26)30-12-14-31(15-13-30)27(32)24-7-4-16-34-24/h2-11,16H,12-15,18H2,1H3. The van der Waals surface area contributed by atoms with Gasteiger partial charge in [0.15, 0.2) is 0 Å². The van der Waals surface area contributed by atoms with Crippen LogP contribution >= 0.6 is 11.3 Å². The quantitative estimate of drug-likeness (QED) is 0.411. The molecule has 0 aliphatic carbocycles. The van der Waals surface area contributed by atoms with Gasteiger partial charge in [0.1, 0.15) is 18.2 Å². The Morgan fingerprint density at radius 3 is 2.53 bits per heavy atom. The van der Waals surface area contributed by atoms with Gasteiger partial charge in [-0.3, -0.25) is 4.79 Å². The van der Waals surface area contributed by atoms with Crippen molar-refractivity contribution in [1.82, 2.24) is 9.88 Å². The molecule has 7 heteroatoms. The monoisotopic (exact) mass is 468 g/mol. The number of amides is 1. The second-order valence-corrected chi connectivity index (χ2v) is 9.25. The van der Waals surface area contributed by atoms with Gasteiger partial charge in [0, 0.05) is 31.6 Å². The van der Waals surface area contributed by atoms with E-state index in [1.165, 1.54) is 16.9 Å². The lowest BCUT2D eigenvalue weighted by Crippen LogP contribution is -2.49. The number of thiophene rings is 1. The van der Waals surface area contributed by atoms with Gasteiger partial charge in [-0.2, -0.15) is 5.26 Å². The summed E-state index contributed by atoms with van der Waals surface area (Å²) in [5.74, 6) is 0.408. The maximum Gasteiger partial charge on any atom is 0.264 e. The number of nitrogens with zero attached hydrogens (tertiary/aromatic N) is 4. The van der Waals surface area contributed by atoms with E-state index < -0.39 is 0 Å². The van der Waals surface area contributed by atoms with Crippen molar-refractivity contribution in [1.29, 1.82) is 5.26 Å². The minimum atomic E-state index is 0.0665. The molecule has 170 valence electrons. The third-order valence-electron chi connectivity index (χ3n) is 6.05. The summed E-state index contributed by atoms with van der Waals surface area (Å²) in [5, 5.41) is 13.0. The van der Waals surface area contributed by atoms with E-state index in [0.29, 0.717) is 44.2 Å². The summed E-state index contributed by atoms with van der Waals surface area (Å²) in [7, 11) is 0. The summed E-state index contributed by atoms with van der Waals surface area (Å²) >= 11 is 1.46. The van der Waals surface area contributed by atoms with E-state index in [2.05, 4.69) is 16.0 Å². The average molecular weight is 469 g/mol. The Morgan fingerprint density at radius 2 is 1.82 bits per heavy atom. The van der Waals surface area contributed by atoms with E-state index in [0.717, 1.165) is 27.0 Å². The zero-order valence-electron chi connectivity index (χ0n) is 18.9. The second kappa shape index (κ2) is 9.54. The molecule has 0 saturated carbocycles. The minimum Gasteiger partial charge on any atom is -0.472 e. The Kier molecular flexibility index (Phi) is 6.15. The highest BCUT2D eigenvalue weighted by molar-refractivity contribution is 7.12. The second-order valence-electron chi connectivity index (χ2n) is 8.30. The number of pyridine rings is 1. The summed E-state index contributed by atoms with van der Waals surface area (Å²) in [6, 6.07) is 22.1. The van der Waals surface area contributed by atoms with Gasteiger partial charge in [0.2, 0.25) is 5.88 Å². The Hall–Kier alpha value is -3.89. The number of ether oxygens (including phenoxy) is 1. The third kappa shape index (κ3) is 4.33. The number of rotatable bonds is 5. The largest absolute Gasteiger partial charge is 0.472 e. The van der Waals surface area contributed by atoms with E-state index in [9.17, 15) is 10.1 Å². The molecule has 5 rings (SSSR count). The van der Waals surface area contributed by atoms with E-state index >= 15 is 0 Å². The van der Waals surface area contributed by atoms with Crippen molar-refractivity contribution in [3.05, 3.63) is 87.6 Å². The Bertz CT molecular complexity index is 1350. The smallest absolute Gasteiger partial charge is 0.264 e. The number of nitriles is 1. The number of benzene rings is 2. The number of aryl methyl sites for hydroxylation is 1. The SMILES string of the molecule is Cc1ccc(COc2nc3ccccc3c(N3CCN(C(=O)c4cccs4)CC3)c2C#N)cc1. The number of carbonyl (C=O) groups is 1. The van der Waals surface area contributed by atoms with E-state index in [1.54, 1.807) is 0 Å². The van der Waals surface area contributed by atoms with Gasteiger partial charge in [-0.25, -0.2) is 4.98 Å². The highest BCUT2D eigenvalue weighted by Crippen LogP contribution is 2.36. The number of fused-ring (bicyclic) bond motifs is 1. The summed E-state index contributed by atoms with van der Waals surface area (Å²) in [5.41, 5.74) is 4.25. The molecule has 0 N–H and O–H groups in total. The predicted molar refractivity (Wildman–Crippen MR) is 134 cm³/mol. The molecule has 6 nitrogen and oxygen atoms in total. The first-order chi connectivity index (χ1) is 16.6. The summed E-state index contributed by atoms with van der Waals surface area (Å²) in [4.78, 5) is 22.3. The molecule has 1 aliphatic rings. The zero-order valence-corrected chi connectivity index (χ0v) is 19.7. The molecule has 0 spiro atoms. The predicted octanol–water partition coefficient (Wildman–Crippen LogP) is 5.02. The van der Waals surface area contributed by atoms with Crippen LogP contribution in [0.25, 0.3) is 10.9 Å². The van der Waals surface area contributed by atoms with Gasteiger partial charge in [-0.05, 0) is 30.0 Å². The summed E-state index contributed by atoms with van der Waals surface area (Å²) < 4.78 is 6.08. The van der Waals surface area contributed by atoms with Gasteiger partial charge < -0.3 is 14.5 Å². The Morgan fingerprint density at radius 1 is 1.06 bits per heavy atom. The molecule has 1 amide bonds. The molecule has 0 bridgehead atoms. The fraction of sp³-hybridized carbons (Fsp3) is 0.222. The number of aromatic nitrogens is 1. The lowest BCUT2D eigenvalue weighted by Gasteiger charge is -2.37. The van der Waals surface area contributed by atoms with Gasteiger partial charge in [-0.1, -0.05) is 54.1 Å². The number of hydrogen-bond acceptors (Lipinski definition) is 6. The van der Waals surface area contributed by atoms with Gasteiger partial charge in [-0.15, -0.1) is 11.3 Å². The highest BCUT2D eigenvalue weighted by Gasteiger charge is 2.27. The average Bonchev–Trinajstić information content (AvgIpc) is 3.42. The van der Waals surface area contributed by atoms with Crippen LogP contribution in [0.4, 0.5) is 5.69 Å². The van der Waals surface area contributed by atoms with Gasteiger partial charge in [0.25, 0.3) is 5.91 Å². The molecular formula is C27H24N4O2S. The van der Waals surface area contributed by atoms with Gasteiger partial charge in [0.05, 0.1) is 16.1 Å². The first kappa shape index (κ1) is 21.9. The van der Waals surface area contributed by atoms with Crippen LogP contribution in [-0.2, 0) is 6.61 Å². The van der Waals surface area contributed by atoms with Crippen molar-refractivity contribution in [3.63, 3.8) is 0 Å². The van der Waals surface area contributed by atoms with E-state index in [1.807, 2.05) is 77.9 Å². The van der Waals surface area contributed by atoms with Crippen LogP contribution in [-0.4, -0.2) is 42.0 Å². The molecule has 1 aliphatic heterocycles. The van der Waals surface area contributed by atoms with E-state index in [4.69, 9.17) is 4.74 Å². The number of hydrogen-bond donors (Lipinski definition) is 0. The Labute approximate surface area is 202 Å². The molecule has 0 atom stereocenters. The Balaban J connectivity index is 1.43. The number of anilines is 1. The summed E-state index contributed by atoms with van der Waals surface area (Å²) in [6.45, 7) is 4.84. The third-order valence-corrected chi connectivity index (χ3v) is 6.91. The molecule has 1 fully saturated rings. The van der Waals surface area contributed by atoms with Crippen LogP contribution in [0.5, 0.6) is 5.88 Å². The molecule has 2 aromatic heterocycles. The first-order valence-electron chi connectivity index (χ1n) is 11.2. The van der Waals surface area contributed by atoms with Crippen molar-refractivity contribution >= 4 is 33.8 Å². The van der Waals surface area contributed by atoms with Crippen molar-refractivity contribution < 1.29 is 9.53 Å². The van der Waals surface area contributed by atoms with E-state index in [-0.39, 0.29) is 5.91 Å². The fourth-order valence-electron chi connectivity index (χ4n) is 4.23. The summed E-state index contributed by atoms with van der Waals surface area (Å²) in [6.07, 6.45) is 0. The minimum absolute atomic E-state index is 0.0665. The zero-order chi connectivity index (χ0) is 23.5. The molecule has 0 radical (unpaired) electrons. The number of para-hydroxylation sites is 1. The molecule has 3 heterocycles. The fourth-order valence-corrected chi connectivity index (χ4v) is 4.92. The van der Waals surface area contributed by atoms with Crippen LogP contribution in [0.1, 0.15) is 26.4 Å². The number of carbonyl (C=O) groups excluding carboxylic acids is 1. The molecule has 0 unspecified atom stereocenters. The maximum absolute atomic E-state index is 12.8. The number of piperazine rings is 1. The first-order valence-corrected chi connectivity index (χ1v) is 12.1. The molecule has 1 saturated heterocycles. The van der Waals surface area contributed by atoms with Crippen LogP contribution in [0.3, 0.4) is 0 Å². The molecule has 4 aromatic rings. The van der Waals surface area contributed by atoms with Crippen molar-refractivity contribution in [2.75, 3.05) is 31.1 Å². The van der Waals surface area contributed by atoms with Gasteiger partial charge >= 0.3 is 0 Å². The lowest BCUT2D eigenvalue weighted by molar-refractivity contribution is 0.0751. The normalized spacial score (nSPS) is 13.6. The molecule has 2 aromatic carbocycles. The lowest BCUT2D eigenvalue weighted by atomic mass is 10.1. The van der Waals surface area contributed by atoms with Crippen LogP contribution in [0.2, 0.25) is 0 Å². The molecular weight excluding hydrogens is 444 g/mol. The topological polar surface area (TPSA) is 69.5 Å². The van der Waals surface area contributed by atoms with Crippen molar-refractivity contribution in [2.45, 2.75) is 13.5 Å². The van der Waals surface area contributed by atoms with Crippen LogP contribution in [0, 0.1) is 18.3 Å². The van der Waals surface area contributed by atoms with Crippen LogP contribution in [0.15, 0.2) is 66.0 Å². The van der Waals surface area contributed by atoms with Crippen LogP contribution < -0.4 is 9.64 Å². The van der Waals surface area contributed by atoms with Crippen molar-refractivity contribution in [3.8, 4) is 11.9 Å². The van der Waals surface area contributed by atoms with Crippen molar-refractivity contribution in [2.24, 2.45) is 0 Å². The maximum atomic E-state index is 12.8.